The van der Waals surface area contributed by atoms with Gasteiger partial charge in [0.25, 0.3) is 0 Å². The number of fused-ring (bicyclic) bond motifs is 3. The van der Waals surface area contributed by atoms with Crippen molar-refractivity contribution in [2.24, 2.45) is 28.6 Å². The maximum Gasteiger partial charge on any atom is 0.303 e. The highest BCUT2D eigenvalue weighted by molar-refractivity contribution is 5.96. The average molecular weight is 334 g/mol. The van der Waals surface area contributed by atoms with Gasteiger partial charge in [0.1, 0.15) is 12.2 Å². The molecule has 5 nitrogen and oxygen atoms in total. The second kappa shape index (κ2) is 5.17. The van der Waals surface area contributed by atoms with Crippen LogP contribution in [0.2, 0.25) is 0 Å². The summed E-state index contributed by atoms with van der Waals surface area (Å²) >= 11 is 0. The van der Waals surface area contributed by atoms with Crippen LogP contribution in [0, 0.1) is 28.6 Å². The van der Waals surface area contributed by atoms with E-state index in [-0.39, 0.29) is 34.9 Å². The molecule has 0 saturated heterocycles. The summed E-state index contributed by atoms with van der Waals surface area (Å²) in [5.41, 5.74) is 0.346. The molecule has 0 radical (unpaired) electrons. The molecule has 0 amide bonds. The van der Waals surface area contributed by atoms with Gasteiger partial charge in [-0.05, 0) is 36.7 Å². The van der Waals surface area contributed by atoms with Gasteiger partial charge in [0, 0.05) is 25.2 Å². The molecule has 0 aliphatic heterocycles. The minimum absolute atomic E-state index is 0.108. The first-order valence-corrected chi connectivity index (χ1v) is 8.56. The summed E-state index contributed by atoms with van der Waals surface area (Å²) in [6, 6.07) is 0. The molecule has 3 fully saturated rings. The first kappa shape index (κ1) is 17.2. The van der Waals surface area contributed by atoms with Crippen LogP contribution in [-0.2, 0) is 23.9 Å². The average Bonchev–Trinajstić information content (AvgIpc) is 2.49. The minimum atomic E-state index is -0.598. The highest BCUT2D eigenvalue weighted by Gasteiger charge is 2.74. The van der Waals surface area contributed by atoms with Crippen molar-refractivity contribution in [1.29, 1.82) is 0 Å². The Kier molecular flexibility index (Phi) is 3.70. The lowest BCUT2D eigenvalue weighted by molar-refractivity contribution is -0.213. The quantitative estimate of drug-likeness (QED) is 0.726. The molecule has 4 bridgehead atoms. The molecule has 0 aromatic rings. The van der Waals surface area contributed by atoms with Crippen LogP contribution >= 0.6 is 0 Å². The molecule has 0 spiro atoms. The topological polar surface area (TPSA) is 69.7 Å². The molecule has 6 unspecified atom stereocenters. The van der Waals surface area contributed by atoms with Gasteiger partial charge < -0.3 is 9.47 Å². The van der Waals surface area contributed by atoms with Crippen LogP contribution in [0.5, 0.6) is 0 Å². The molecular formula is C19H26O5. The summed E-state index contributed by atoms with van der Waals surface area (Å²) in [4.78, 5) is 36.1. The third-order valence-electron chi connectivity index (χ3n) is 6.42. The monoisotopic (exact) mass is 334 g/mol. The Morgan fingerprint density at radius 2 is 1.67 bits per heavy atom. The van der Waals surface area contributed by atoms with E-state index in [2.05, 4.69) is 13.8 Å². The third kappa shape index (κ3) is 2.16. The predicted molar refractivity (Wildman–Crippen MR) is 86.8 cm³/mol. The Hall–Kier alpha value is -1.65. The molecule has 4 aliphatic carbocycles. The van der Waals surface area contributed by atoms with Gasteiger partial charge >= 0.3 is 11.9 Å². The van der Waals surface area contributed by atoms with Crippen molar-refractivity contribution in [3.8, 4) is 0 Å². The number of hydrogen-bond acceptors (Lipinski definition) is 5. The van der Waals surface area contributed by atoms with Crippen molar-refractivity contribution in [2.75, 3.05) is 0 Å². The molecule has 0 aromatic heterocycles. The van der Waals surface area contributed by atoms with Gasteiger partial charge in [0.2, 0.25) is 0 Å². The first-order chi connectivity index (χ1) is 11.0. The summed E-state index contributed by atoms with van der Waals surface area (Å²) < 4.78 is 11.2. The van der Waals surface area contributed by atoms with Gasteiger partial charge in [-0.1, -0.05) is 26.3 Å². The zero-order valence-electron chi connectivity index (χ0n) is 15.2. The van der Waals surface area contributed by atoms with Crippen molar-refractivity contribution in [1.82, 2.24) is 0 Å². The van der Waals surface area contributed by atoms with E-state index < -0.39 is 23.6 Å². The smallest absolute Gasteiger partial charge is 0.303 e. The van der Waals surface area contributed by atoms with E-state index in [4.69, 9.17) is 9.47 Å². The third-order valence-corrected chi connectivity index (χ3v) is 6.42. The Labute approximate surface area is 142 Å². The van der Waals surface area contributed by atoms with Crippen LogP contribution in [0.1, 0.15) is 48.0 Å². The van der Waals surface area contributed by atoms with Gasteiger partial charge in [-0.25, -0.2) is 0 Å². The van der Waals surface area contributed by atoms with Crippen LogP contribution in [0.3, 0.4) is 0 Å². The highest BCUT2D eigenvalue weighted by atomic mass is 16.6. The Balaban J connectivity index is 2.13. The van der Waals surface area contributed by atoms with E-state index in [9.17, 15) is 14.4 Å². The summed E-state index contributed by atoms with van der Waals surface area (Å²) in [5.74, 6) is -0.519. The molecule has 6 atom stereocenters. The second-order valence-corrected chi connectivity index (χ2v) is 8.51. The largest absolute Gasteiger partial charge is 0.459 e. The number of carbonyl (C=O) groups is 3. The lowest BCUT2D eigenvalue weighted by Gasteiger charge is -2.65. The maximum atomic E-state index is 12.7. The molecule has 132 valence electrons. The highest BCUT2D eigenvalue weighted by Crippen LogP contribution is 2.71. The molecule has 0 heterocycles. The van der Waals surface area contributed by atoms with Crippen LogP contribution < -0.4 is 0 Å². The van der Waals surface area contributed by atoms with E-state index in [1.807, 2.05) is 13.8 Å². The number of ether oxygens (including phenoxy) is 2. The molecular weight excluding hydrogens is 308 g/mol. The van der Waals surface area contributed by atoms with Gasteiger partial charge in [-0.3, -0.25) is 14.4 Å². The van der Waals surface area contributed by atoms with E-state index in [0.29, 0.717) is 6.42 Å². The molecule has 4 aliphatic rings. The van der Waals surface area contributed by atoms with Crippen molar-refractivity contribution in [3.05, 3.63) is 11.6 Å². The summed E-state index contributed by atoms with van der Waals surface area (Å²) in [7, 11) is 0. The summed E-state index contributed by atoms with van der Waals surface area (Å²) in [5, 5.41) is 0. The Morgan fingerprint density at radius 1 is 1.08 bits per heavy atom. The Bertz CT molecular complexity index is 646. The number of ketones is 1. The van der Waals surface area contributed by atoms with E-state index in [1.54, 1.807) is 6.08 Å². The molecule has 0 aromatic carbocycles. The van der Waals surface area contributed by atoms with Gasteiger partial charge in [-0.15, -0.1) is 0 Å². The van der Waals surface area contributed by atoms with E-state index in [0.717, 1.165) is 5.57 Å². The minimum Gasteiger partial charge on any atom is -0.459 e. The second-order valence-electron chi connectivity index (χ2n) is 8.51. The summed E-state index contributed by atoms with van der Waals surface area (Å²) in [6.45, 7) is 11.0. The normalized spacial score (nSPS) is 42.3. The fourth-order valence-electron chi connectivity index (χ4n) is 5.82. The maximum absolute atomic E-state index is 12.7. The van der Waals surface area contributed by atoms with Crippen LogP contribution in [0.25, 0.3) is 0 Å². The van der Waals surface area contributed by atoms with Gasteiger partial charge in [0.15, 0.2) is 5.78 Å². The van der Waals surface area contributed by atoms with Crippen molar-refractivity contribution >= 4 is 17.7 Å². The lowest BCUT2D eigenvalue weighted by atomic mass is 9.37. The van der Waals surface area contributed by atoms with Crippen molar-refractivity contribution in [3.63, 3.8) is 0 Å². The number of esters is 2. The van der Waals surface area contributed by atoms with Crippen molar-refractivity contribution in [2.45, 2.75) is 60.2 Å². The Morgan fingerprint density at radius 3 is 2.17 bits per heavy atom. The van der Waals surface area contributed by atoms with Crippen LogP contribution in [0.4, 0.5) is 0 Å². The SMILES string of the molecule is CC(=O)OC1CC(C)(C)C2C3C(=O)C=C(C)C2C3(C)C1OC(C)=O. The van der Waals surface area contributed by atoms with Crippen LogP contribution in [0.15, 0.2) is 11.6 Å². The molecule has 0 N–H and O–H groups in total. The van der Waals surface area contributed by atoms with E-state index >= 15 is 0 Å². The predicted octanol–water partition coefficient (Wildman–Crippen LogP) is 2.68. The molecule has 4 rings (SSSR count). The van der Waals surface area contributed by atoms with Crippen LogP contribution in [-0.4, -0.2) is 29.9 Å². The number of carbonyl (C=O) groups excluding carboxylic acids is 3. The fraction of sp³-hybridized carbons (Fsp3) is 0.737. The molecule has 5 heteroatoms. The summed E-state index contributed by atoms with van der Waals surface area (Å²) in [6.07, 6.45) is 1.20. The zero-order valence-corrected chi connectivity index (χ0v) is 15.2. The zero-order chi connectivity index (χ0) is 18.0. The fourth-order valence-corrected chi connectivity index (χ4v) is 5.82. The number of hydrogen-bond donors (Lipinski definition) is 0. The van der Waals surface area contributed by atoms with Gasteiger partial charge in [-0.2, -0.15) is 0 Å². The molecule has 3 saturated carbocycles. The lowest BCUT2D eigenvalue weighted by Crippen LogP contribution is -2.68. The van der Waals surface area contributed by atoms with E-state index in [1.165, 1.54) is 13.8 Å². The number of rotatable bonds is 2. The van der Waals surface area contributed by atoms with Crippen molar-refractivity contribution < 1.29 is 23.9 Å². The van der Waals surface area contributed by atoms with Gasteiger partial charge in [0.05, 0.1) is 0 Å². The molecule has 24 heavy (non-hydrogen) atoms. The number of allylic oxidation sites excluding steroid dienone is 2. The first-order valence-electron chi connectivity index (χ1n) is 8.56. The standard InChI is InChI=1S/C19H26O5/c1-9-7-12(22)15-16-14(9)19(15,6)17(24-11(3)21)13(23-10(2)20)8-18(16,4)5/h7,13-17H,8H2,1-6H3.